The summed E-state index contributed by atoms with van der Waals surface area (Å²) in [5.74, 6) is 0.923. The van der Waals surface area contributed by atoms with E-state index < -0.39 is 0 Å². The molecule has 8 heteroatoms. The van der Waals surface area contributed by atoms with Crippen LogP contribution in [-0.2, 0) is 23.1 Å². The van der Waals surface area contributed by atoms with Crippen molar-refractivity contribution >= 4 is 11.6 Å². The molecule has 158 valence electrons. The third-order valence-electron chi connectivity index (χ3n) is 4.80. The van der Waals surface area contributed by atoms with Crippen LogP contribution < -0.4 is 10.6 Å². The number of aromatic nitrogens is 2. The van der Waals surface area contributed by atoms with E-state index in [1.54, 1.807) is 7.11 Å². The van der Waals surface area contributed by atoms with E-state index in [0.29, 0.717) is 19.8 Å². The van der Waals surface area contributed by atoms with Crippen LogP contribution >= 0.6 is 0 Å². The van der Waals surface area contributed by atoms with E-state index in [4.69, 9.17) is 14.5 Å². The molecule has 0 amide bonds. The molecule has 8 nitrogen and oxygen atoms in total. The Morgan fingerprint density at radius 3 is 2.86 bits per heavy atom. The van der Waals surface area contributed by atoms with E-state index in [1.807, 2.05) is 24.1 Å². The number of nitrogens with one attached hydrogen (secondary N) is 2. The number of rotatable bonds is 8. The fourth-order valence-electron chi connectivity index (χ4n) is 3.27. The highest BCUT2D eigenvalue weighted by atomic mass is 16.5. The first-order chi connectivity index (χ1) is 14.2. The number of anilines is 1. The lowest BCUT2D eigenvalue weighted by Crippen LogP contribution is -2.48. The van der Waals surface area contributed by atoms with Crippen molar-refractivity contribution < 1.29 is 9.47 Å². The van der Waals surface area contributed by atoms with Gasteiger partial charge in [-0.05, 0) is 24.6 Å². The lowest BCUT2D eigenvalue weighted by atomic mass is 10.1. The van der Waals surface area contributed by atoms with Gasteiger partial charge < -0.3 is 25.0 Å². The maximum atomic E-state index is 5.96. The van der Waals surface area contributed by atoms with Gasteiger partial charge in [0, 0.05) is 51.2 Å². The summed E-state index contributed by atoms with van der Waals surface area (Å²) in [6.07, 6.45) is 3.90. The quantitative estimate of drug-likeness (QED) is 0.401. The van der Waals surface area contributed by atoms with Crippen LogP contribution in [0.3, 0.4) is 0 Å². The molecule has 2 heterocycles. The largest absolute Gasteiger partial charge is 0.383 e. The molecule has 2 N–H and O–H groups in total. The van der Waals surface area contributed by atoms with Crippen LogP contribution in [0, 0.1) is 0 Å². The number of hydrogen-bond donors (Lipinski definition) is 2. The van der Waals surface area contributed by atoms with Crippen LogP contribution in [0.4, 0.5) is 5.69 Å². The van der Waals surface area contributed by atoms with Crippen LogP contribution in [0.1, 0.15) is 24.2 Å². The number of morpholine rings is 1. The number of aryl methyl sites for hydroxylation is 1. The van der Waals surface area contributed by atoms with Gasteiger partial charge in [-0.3, -0.25) is 4.68 Å². The number of ether oxygens (including phenoxy) is 2. The average molecular weight is 401 g/mol. The van der Waals surface area contributed by atoms with Crippen molar-refractivity contribution in [1.82, 2.24) is 20.0 Å². The molecule has 2 aromatic rings. The van der Waals surface area contributed by atoms with E-state index in [2.05, 4.69) is 51.8 Å². The molecule has 0 bridgehead atoms. The molecule has 0 aliphatic carbocycles. The van der Waals surface area contributed by atoms with Gasteiger partial charge in [0.2, 0.25) is 0 Å². The van der Waals surface area contributed by atoms with E-state index in [1.165, 1.54) is 5.56 Å². The second-order valence-corrected chi connectivity index (χ2v) is 7.04. The number of aliphatic imine (C=N–C) groups is 1. The van der Waals surface area contributed by atoms with Crippen LogP contribution in [0.25, 0.3) is 0 Å². The summed E-state index contributed by atoms with van der Waals surface area (Å²) in [5, 5.41) is 11.0. The Labute approximate surface area is 172 Å². The Hall–Kier alpha value is -2.58. The molecule has 1 fully saturated rings. The third-order valence-corrected chi connectivity index (χ3v) is 4.80. The Morgan fingerprint density at radius 2 is 2.17 bits per heavy atom. The Morgan fingerprint density at radius 1 is 1.34 bits per heavy atom. The molecular formula is C21H32N6O2. The summed E-state index contributed by atoms with van der Waals surface area (Å²) in [5.41, 5.74) is 3.37. The lowest BCUT2D eigenvalue weighted by molar-refractivity contribution is -0.00805. The highest BCUT2D eigenvalue weighted by Crippen LogP contribution is 2.21. The van der Waals surface area contributed by atoms with Gasteiger partial charge in [0.15, 0.2) is 5.96 Å². The number of benzene rings is 1. The van der Waals surface area contributed by atoms with Gasteiger partial charge in [0.1, 0.15) is 6.10 Å². The molecule has 1 aromatic heterocycles. The lowest BCUT2D eigenvalue weighted by Gasteiger charge is -2.34. The van der Waals surface area contributed by atoms with Crippen LogP contribution in [-0.4, -0.2) is 67.1 Å². The second-order valence-electron chi connectivity index (χ2n) is 7.04. The molecule has 3 rings (SSSR count). The molecule has 0 spiro atoms. The highest BCUT2D eigenvalue weighted by Gasteiger charge is 2.25. The molecule has 1 unspecified atom stereocenters. The van der Waals surface area contributed by atoms with Crippen LogP contribution in [0.15, 0.2) is 41.7 Å². The van der Waals surface area contributed by atoms with Gasteiger partial charge in [0.05, 0.1) is 32.5 Å². The fourth-order valence-corrected chi connectivity index (χ4v) is 3.27. The molecule has 1 aromatic carbocycles. The zero-order chi connectivity index (χ0) is 20.5. The van der Waals surface area contributed by atoms with Gasteiger partial charge in [-0.25, -0.2) is 4.99 Å². The van der Waals surface area contributed by atoms with E-state index in [-0.39, 0.29) is 6.10 Å². The van der Waals surface area contributed by atoms with Gasteiger partial charge in [-0.2, -0.15) is 5.10 Å². The normalized spacial score (nSPS) is 17.4. The minimum atomic E-state index is 0.0127. The topological polar surface area (TPSA) is 75.9 Å². The number of nitrogens with zero attached hydrogens (tertiary/aromatic N) is 4. The maximum Gasteiger partial charge on any atom is 0.194 e. The predicted molar refractivity (Wildman–Crippen MR) is 115 cm³/mol. The van der Waals surface area contributed by atoms with Crippen molar-refractivity contribution in [3.05, 3.63) is 47.8 Å². The molecule has 1 aliphatic heterocycles. The molecule has 1 aliphatic rings. The maximum absolute atomic E-state index is 5.96. The van der Waals surface area contributed by atoms with E-state index in [9.17, 15) is 0 Å². The van der Waals surface area contributed by atoms with E-state index in [0.717, 1.165) is 43.4 Å². The molecule has 1 saturated heterocycles. The Kier molecular flexibility index (Phi) is 7.89. The number of hydrogen-bond acceptors (Lipinski definition) is 5. The van der Waals surface area contributed by atoms with Crippen LogP contribution in [0.5, 0.6) is 0 Å². The first-order valence-corrected chi connectivity index (χ1v) is 10.1. The smallest absolute Gasteiger partial charge is 0.194 e. The van der Waals surface area contributed by atoms with Crippen molar-refractivity contribution in [3.8, 4) is 0 Å². The van der Waals surface area contributed by atoms with Gasteiger partial charge >= 0.3 is 0 Å². The first kappa shape index (κ1) is 21.1. The van der Waals surface area contributed by atoms with Crippen molar-refractivity contribution in [3.63, 3.8) is 0 Å². The van der Waals surface area contributed by atoms with Crippen molar-refractivity contribution in [2.24, 2.45) is 12.0 Å². The van der Waals surface area contributed by atoms with Gasteiger partial charge in [-0.15, -0.1) is 0 Å². The summed E-state index contributed by atoms with van der Waals surface area (Å²) < 4.78 is 12.8. The molecular weight excluding hydrogens is 368 g/mol. The minimum absolute atomic E-state index is 0.0127. The van der Waals surface area contributed by atoms with E-state index >= 15 is 0 Å². The molecule has 29 heavy (non-hydrogen) atoms. The van der Waals surface area contributed by atoms with Crippen molar-refractivity contribution in [2.45, 2.75) is 19.6 Å². The predicted octanol–water partition coefficient (Wildman–Crippen LogP) is 2.02. The molecule has 0 saturated carbocycles. The molecule has 0 radical (unpaired) electrons. The zero-order valence-electron chi connectivity index (χ0n) is 17.6. The fraction of sp³-hybridized carbons (Fsp3) is 0.524. The average Bonchev–Trinajstić information content (AvgIpc) is 3.19. The van der Waals surface area contributed by atoms with Crippen LogP contribution in [0.2, 0.25) is 0 Å². The number of methoxy groups -OCH3 is 1. The van der Waals surface area contributed by atoms with Gasteiger partial charge in [-0.1, -0.05) is 12.1 Å². The first-order valence-electron chi connectivity index (χ1n) is 10.1. The third kappa shape index (κ3) is 6.20. The summed E-state index contributed by atoms with van der Waals surface area (Å²) in [6, 6.07) is 8.39. The monoisotopic (exact) mass is 400 g/mol. The SMILES string of the molecule is CCNC(=NCc1ccc(NCCOC)cc1)N1CCOC(c2cnn(C)c2)C1. The zero-order valence-corrected chi connectivity index (χ0v) is 17.6. The summed E-state index contributed by atoms with van der Waals surface area (Å²) in [6.45, 7) is 7.31. The second kappa shape index (κ2) is 10.8. The Bertz CT molecular complexity index is 774. The highest BCUT2D eigenvalue weighted by molar-refractivity contribution is 5.80. The van der Waals surface area contributed by atoms with Crippen molar-refractivity contribution in [2.75, 3.05) is 51.8 Å². The molecule has 1 atom stereocenters. The van der Waals surface area contributed by atoms with Crippen molar-refractivity contribution in [1.29, 1.82) is 0 Å². The number of guanidine groups is 1. The summed E-state index contributed by atoms with van der Waals surface area (Å²) in [4.78, 5) is 7.13. The Balaban J connectivity index is 1.61. The summed E-state index contributed by atoms with van der Waals surface area (Å²) >= 11 is 0. The van der Waals surface area contributed by atoms with Gasteiger partial charge in [0.25, 0.3) is 0 Å². The standard InChI is InChI=1S/C21H32N6O2/c1-4-22-21(24-13-17-5-7-19(8-6-17)23-9-11-28-3)27-10-12-29-20(16-27)18-14-25-26(2)15-18/h5-8,14-15,20,23H,4,9-13,16H2,1-3H3,(H,22,24). The summed E-state index contributed by atoms with van der Waals surface area (Å²) in [7, 11) is 3.63. The minimum Gasteiger partial charge on any atom is -0.383 e.